The van der Waals surface area contributed by atoms with Gasteiger partial charge in [-0.25, -0.2) is 9.97 Å². The molecular formula is C20H29N5OS. The van der Waals surface area contributed by atoms with Crippen LogP contribution in [0.1, 0.15) is 41.8 Å². The first kappa shape index (κ1) is 19.8. The number of hydrogen-bond acceptors (Lipinski definition) is 6. The molecule has 3 heterocycles. The summed E-state index contributed by atoms with van der Waals surface area (Å²) in [7, 11) is 3.83. The molecule has 0 saturated carbocycles. The molecule has 1 fully saturated rings. The Labute approximate surface area is 165 Å². The molecule has 6 nitrogen and oxygen atoms in total. The first-order valence-electron chi connectivity index (χ1n) is 9.34. The highest BCUT2D eigenvalue weighted by atomic mass is 32.1. The van der Waals surface area contributed by atoms with Gasteiger partial charge in [0.2, 0.25) is 0 Å². The Balaban J connectivity index is 1.59. The van der Waals surface area contributed by atoms with Crippen molar-refractivity contribution in [1.82, 2.24) is 19.8 Å². The van der Waals surface area contributed by atoms with Gasteiger partial charge in [0.25, 0.3) is 5.91 Å². The number of amides is 1. The fourth-order valence-electron chi connectivity index (χ4n) is 3.15. The summed E-state index contributed by atoms with van der Waals surface area (Å²) in [5.41, 5.74) is 1.90. The first-order valence-corrected chi connectivity index (χ1v) is 10.2. The van der Waals surface area contributed by atoms with E-state index in [1.807, 2.05) is 36.0 Å². The molecule has 27 heavy (non-hydrogen) atoms. The van der Waals surface area contributed by atoms with Gasteiger partial charge in [-0.3, -0.25) is 9.69 Å². The van der Waals surface area contributed by atoms with Gasteiger partial charge in [0, 0.05) is 63.8 Å². The Kier molecular flexibility index (Phi) is 5.81. The number of piperazine rings is 1. The van der Waals surface area contributed by atoms with Crippen molar-refractivity contribution in [3.05, 3.63) is 40.0 Å². The second-order valence-corrected chi connectivity index (χ2v) is 9.09. The van der Waals surface area contributed by atoms with E-state index in [0.717, 1.165) is 44.2 Å². The van der Waals surface area contributed by atoms with E-state index in [-0.39, 0.29) is 11.3 Å². The lowest BCUT2D eigenvalue weighted by molar-refractivity contribution is 0.0627. The van der Waals surface area contributed by atoms with Crippen LogP contribution in [0.4, 0.5) is 5.82 Å². The molecule has 0 aromatic carbocycles. The number of anilines is 1. The van der Waals surface area contributed by atoms with E-state index in [0.29, 0.717) is 5.56 Å². The molecule has 2 aromatic heterocycles. The zero-order valence-corrected chi connectivity index (χ0v) is 17.7. The Hall–Kier alpha value is -1.99. The Morgan fingerprint density at radius 2 is 1.93 bits per heavy atom. The van der Waals surface area contributed by atoms with Crippen LogP contribution in [0.5, 0.6) is 0 Å². The zero-order chi connectivity index (χ0) is 19.6. The predicted octanol–water partition coefficient (Wildman–Crippen LogP) is 2.86. The minimum absolute atomic E-state index is 0.0649. The molecular weight excluding hydrogens is 358 g/mol. The predicted molar refractivity (Wildman–Crippen MR) is 111 cm³/mol. The number of nitrogens with zero attached hydrogens (tertiary/aromatic N) is 5. The van der Waals surface area contributed by atoms with Gasteiger partial charge in [-0.05, 0) is 12.1 Å². The summed E-state index contributed by atoms with van der Waals surface area (Å²) in [4.78, 5) is 28.3. The maximum absolute atomic E-state index is 12.9. The van der Waals surface area contributed by atoms with E-state index in [4.69, 9.17) is 4.98 Å². The fraction of sp³-hybridized carbons (Fsp3) is 0.550. The normalized spacial score (nSPS) is 15.8. The second kappa shape index (κ2) is 7.94. The third kappa shape index (κ3) is 4.65. The first-order chi connectivity index (χ1) is 12.8. The highest BCUT2D eigenvalue weighted by Gasteiger charge is 2.25. The van der Waals surface area contributed by atoms with E-state index in [1.165, 1.54) is 5.01 Å². The van der Waals surface area contributed by atoms with Crippen LogP contribution >= 0.6 is 11.3 Å². The van der Waals surface area contributed by atoms with Crippen molar-refractivity contribution in [2.24, 2.45) is 0 Å². The minimum Gasteiger partial charge on any atom is -0.362 e. The summed E-state index contributed by atoms with van der Waals surface area (Å²) in [6, 6.07) is 3.69. The van der Waals surface area contributed by atoms with Crippen LogP contribution in [-0.4, -0.2) is 65.9 Å². The molecule has 0 unspecified atom stereocenters. The number of pyridine rings is 1. The Bertz CT molecular complexity index is 788. The average Bonchev–Trinajstić information content (AvgIpc) is 3.11. The van der Waals surface area contributed by atoms with Crippen LogP contribution in [-0.2, 0) is 12.0 Å². The van der Waals surface area contributed by atoms with Crippen molar-refractivity contribution in [3.8, 4) is 0 Å². The number of thiazole rings is 1. The Morgan fingerprint density at radius 3 is 2.52 bits per heavy atom. The smallest absolute Gasteiger partial charge is 0.257 e. The lowest BCUT2D eigenvalue weighted by Gasteiger charge is -2.34. The van der Waals surface area contributed by atoms with Gasteiger partial charge >= 0.3 is 0 Å². The molecule has 7 heteroatoms. The van der Waals surface area contributed by atoms with Crippen LogP contribution in [0.2, 0.25) is 0 Å². The molecule has 0 aliphatic carbocycles. The zero-order valence-electron chi connectivity index (χ0n) is 16.9. The van der Waals surface area contributed by atoms with Crippen molar-refractivity contribution < 1.29 is 4.79 Å². The highest BCUT2D eigenvalue weighted by Crippen LogP contribution is 2.26. The van der Waals surface area contributed by atoms with Crippen molar-refractivity contribution in [1.29, 1.82) is 0 Å². The fourth-order valence-corrected chi connectivity index (χ4v) is 4.05. The van der Waals surface area contributed by atoms with Crippen LogP contribution < -0.4 is 4.90 Å². The van der Waals surface area contributed by atoms with Gasteiger partial charge in [0.1, 0.15) is 5.82 Å². The maximum Gasteiger partial charge on any atom is 0.257 e. The number of aromatic nitrogens is 2. The van der Waals surface area contributed by atoms with Gasteiger partial charge in [-0.2, -0.15) is 0 Å². The lowest BCUT2D eigenvalue weighted by atomic mass is 9.98. The molecule has 0 spiro atoms. The lowest BCUT2D eigenvalue weighted by Crippen LogP contribution is -2.48. The van der Waals surface area contributed by atoms with Crippen LogP contribution in [0.3, 0.4) is 0 Å². The number of hydrogen-bond donors (Lipinski definition) is 0. The monoisotopic (exact) mass is 387 g/mol. The molecule has 1 saturated heterocycles. The second-order valence-electron chi connectivity index (χ2n) is 8.23. The molecule has 0 N–H and O–H groups in total. The molecule has 146 valence electrons. The molecule has 2 aromatic rings. The summed E-state index contributed by atoms with van der Waals surface area (Å²) in [6.45, 7) is 10.6. The molecule has 1 amide bonds. The van der Waals surface area contributed by atoms with Gasteiger partial charge < -0.3 is 9.80 Å². The SMILES string of the molecule is CN(C)c1ncccc1C(=O)N1CCN(Cc2csc(C(C)(C)C)n2)CC1. The number of carbonyl (C=O) groups is 1. The number of rotatable bonds is 4. The summed E-state index contributed by atoms with van der Waals surface area (Å²) in [6.07, 6.45) is 1.73. The highest BCUT2D eigenvalue weighted by molar-refractivity contribution is 7.09. The minimum atomic E-state index is 0.0649. The van der Waals surface area contributed by atoms with Crippen LogP contribution in [0.25, 0.3) is 0 Å². The summed E-state index contributed by atoms with van der Waals surface area (Å²) in [5, 5.41) is 3.34. The molecule has 3 rings (SSSR count). The quantitative estimate of drug-likeness (QED) is 0.807. The topological polar surface area (TPSA) is 52.6 Å². The van der Waals surface area contributed by atoms with Crippen molar-refractivity contribution in [2.75, 3.05) is 45.2 Å². The Morgan fingerprint density at radius 1 is 1.22 bits per heavy atom. The van der Waals surface area contributed by atoms with Crippen molar-refractivity contribution in [2.45, 2.75) is 32.7 Å². The summed E-state index contributed by atoms with van der Waals surface area (Å²) in [5.74, 6) is 0.789. The molecule has 1 aliphatic rings. The van der Waals surface area contributed by atoms with Crippen LogP contribution in [0, 0.1) is 0 Å². The summed E-state index contributed by atoms with van der Waals surface area (Å²) < 4.78 is 0. The molecule has 0 atom stereocenters. The maximum atomic E-state index is 12.9. The van der Waals surface area contributed by atoms with E-state index < -0.39 is 0 Å². The van der Waals surface area contributed by atoms with Crippen molar-refractivity contribution in [3.63, 3.8) is 0 Å². The molecule has 0 radical (unpaired) electrons. The van der Waals surface area contributed by atoms with Crippen LogP contribution in [0.15, 0.2) is 23.7 Å². The molecule has 0 bridgehead atoms. The standard InChI is InChI=1S/C20H29N5OS/c1-20(2,3)19-22-15(14-27-19)13-24-9-11-25(12-10-24)18(26)16-7-6-8-21-17(16)23(4)5/h6-8,14H,9-13H2,1-5H3. The third-order valence-electron chi connectivity index (χ3n) is 4.68. The van der Waals surface area contributed by atoms with E-state index in [9.17, 15) is 4.79 Å². The van der Waals surface area contributed by atoms with E-state index in [1.54, 1.807) is 17.5 Å². The number of carbonyl (C=O) groups excluding carboxylic acids is 1. The van der Waals surface area contributed by atoms with Gasteiger partial charge in [0.15, 0.2) is 0 Å². The van der Waals surface area contributed by atoms with Gasteiger partial charge in [-0.1, -0.05) is 20.8 Å². The van der Waals surface area contributed by atoms with Crippen molar-refractivity contribution >= 4 is 23.1 Å². The molecule has 1 aliphatic heterocycles. The van der Waals surface area contributed by atoms with Gasteiger partial charge in [-0.15, -0.1) is 11.3 Å². The average molecular weight is 388 g/mol. The van der Waals surface area contributed by atoms with Gasteiger partial charge in [0.05, 0.1) is 16.3 Å². The van der Waals surface area contributed by atoms with E-state index >= 15 is 0 Å². The summed E-state index contributed by atoms with van der Waals surface area (Å²) >= 11 is 1.74. The largest absolute Gasteiger partial charge is 0.362 e. The van der Waals surface area contributed by atoms with E-state index in [2.05, 4.69) is 36.0 Å². The third-order valence-corrected chi connectivity index (χ3v) is 6.00.